The van der Waals surface area contributed by atoms with Gasteiger partial charge < -0.3 is 15.8 Å². The number of carbonyl (C=O) groups excluding carboxylic acids is 1. The Bertz CT molecular complexity index is 355. The Balaban J connectivity index is 2.54. The van der Waals surface area contributed by atoms with E-state index in [4.69, 9.17) is 10.5 Å². The molecule has 1 amide bonds. The monoisotopic (exact) mass is 223 g/mol. The molecule has 0 spiro atoms. The summed E-state index contributed by atoms with van der Waals surface area (Å²) in [5.74, 6) is -0.215. The molecule has 0 aliphatic rings. The summed E-state index contributed by atoms with van der Waals surface area (Å²) >= 11 is 0. The molecule has 0 fully saturated rings. The van der Waals surface area contributed by atoms with Gasteiger partial charge in [-0.15, -0.1) is 0 Å². The van der Waals surface area contributed by atoms with Gasteiger partial charge in [0.05, 0.1) is 17.4 Å². The molecule has 0 radical (unpaired) electrons. The van der Waals surface area contributed by atoms with E-state index >= 15 is 0 Å². The maximum absolute atomic E-state index is 11.7. The van der Waals surface area contributed by atoms with Crippen LogP contribution in [0.15, 0.2) is 18.3 Å². The molecule has 88 valence electrons. The summed E-state index contributed by atoms with van der Waals surface area (Å²) in [6, 6.07) is 3.01. The number of rotatable bonds is 5. The van der Waals surface area contributed by atoms with E-state index in [1.807, 2.05) is 6.92 Å². The smallest absolute Gasteiger partial charge is 0.241 e. The van der Waals surface area contributed by atoms with Crippen LogP contribution in [-0.4, -0.2) is 30.6 Å². The van der Waals surface area contributed by atoms with Crippen LogP contribution in [0.5, 0.6) is 0 Å². The van der Waals surface area contributed by atoms with Gasteiger partial charge in [0.2, 0.25) is 5.91 Å². The number of hydrogen-bond acceptors (Lipinski definition) is 4. The Morgan fingerprint density at radius 2 is 2.44 bits per heavy atom. The Hall–Kier alpha value is -1.46. The Morgan fingerprint density at radius 1 is 1.69 bits per heavy atom. The van der Waals surface area contributed by atoms with Crippen LogP contribution in [0.25, 0.3) is 0 Å². The summed E-state index contributed by atoms with van der Waals surface area (Å²) in [7, 11) is 1.58. The normalized spacial score (nSPS) is 12.2. The zero-order valence-corrected chi connectivity index (χ0v) is 9.56. The van der Waals surface area contributed by atoms with E-state index < -0.39 is 6.04 Å². The first-order valence-corrected chi connectivity index (χ1v) is 5.12. The molecule has 1 unspecified atom stereocenters. The molecule has 0 aromatic carbocycles. The maximum Gasteiger partial charge on any atom is 0.241 e. The molecule has 0 aliphatic carbocycles. The van der Waals surface area contributed by atoms with Crippen LogP contribution in [0.2, 0.25) is 0 Å². The zero-order valence-electron chi connectivity index (χ0n) is 9.56. The first-order valence-electron chi connectivity index (χ1n) is 5.12. The molecule has 1 heterocycles. The van der Waals surface area contributed by atoms with E-state index in [1.54, 1.807) is 25.4 Å². The Morgan fingerprint density at radius 3 is 3.06 bits per heavy atom. The van der Waals surface area contributed by atoms with Crippen LogP contribution in [-0.2, 0) is 9.53 Å². The third kappa shape index (κ3) is 3.60. The highest BCUT2D eigenvalue weighted by molar-refractivity contribution is 5.95. The quantitative estimate of drug-likeness (QED) is 0.770. The molecule has 0 bridgehead atoms. The van der Waals surface area contributed by atoms with Gasteiger partial charge in [0.25, 0.3) is 0 Å². The van der Waals surface area contributed by atoms with Crippen molar-refractivity contribution in [3.05, 3.63) is 24.0 Å². The molecule has 1 aromatic heterocycles. The van der Waals surface area contributed by atoms with Crippen molar-refractivity contribution in [2.75, 3.05) is 19.0 Å². The summed E-state index contributed by atoms with van der Waals surface area (Å²) in [5, 5.41) is 2.74. The van der Waals surface area contributed by atoms with Gasteiger partial charge in [-0.1, -0.05) is 0 Å². The van der Waals surface area contributed by atoms with Gasteiger partial charge in [0, 0.05) is 19.9 Å². The van der Waals surface area contributed by atoms with Crippen molar-refractivity contribution in [2.45, 2.75) is 19.4 Å². The van der Waals surface area contributed by atoms with Gasteiger partial charge in [-0.25, -0.2) is 0 Å². The van der Waals surface area contributed by atoms with Crippen molar-refractivity contribution in [1.82, 2.24) is 4.98 Å². The van der Waals surface area contributed by atoms with E-state index in [0.717, 1.165) is 5.69 Å². The highest BCUT2D eigenvalue weighted by atomic mass is 16.5. The van der Waals surface area contributed by atoms with Gasteiger partial charge in [0.15, 0.2) is 0 Å². The number of methoxy groups -OCH3 is 1. The fourth-order valence-electron chi connectivity index (χ4n) is 1.22. The van der Waals surface area contributed by atoms with Crippen molar-refractivity contribution in [2.24, 2.45) is 5.73 Å². The van der Waals surface area contributed by atoms with Gasteiger partial charge in [-0.3, -0.25) is 9.78 Å². The molecule has 1 aromatic rings. The lowest BCUT2D eigenvalue weighted by molar-refractivity contribution is -0.117. The standard InChI is InChI=1S/C11H17N3O2/c1-8-10(4-3-6-13-8)14-11(15)9(12)5-7-16-2/h3-4,6,9H,5,7,12H2,1-2H3,(H,14,15). The van der Waals surface area contributed by atoms with Crippen LogP contribution in [0.3, 0.4) is 0 Å². The molecule has 5 heteroatoms. The number of aromatic nitrogens is 1. The summed E-state index contributed by atoms with van der Waals surface area (Å²) in [4.78, 5) is 15.7. The molecule has 16 heavy (non-hydrogen) atoms. The number of carbonyl (C=O) groups is 1. The predicted octanol–water partition coefficient (Wildman–Crippen LogP) is 0.692. The largest absolute Gasteiger partial charge is 0.385 e. The molecule has 5 nitrogen and oxygen atoms in total. The van der Waals surface area contributed by atoms with Gasteiger partial charge in [-0.05, 0) is 25.5 Å². The number of nitrogens with one attached hydrogen (secondary N) is 1. The van der Waals surface area contributed by atoms with Crippen molar-refractivity contribution < 1.29 is 9.53 Å². The van der Waals surface area contributed by atoms with E-state index in [1.165, 1.54) is 0 Å². The molecule has 0 saturated heterocycles. The first-order chi connectivity index (χ1) is 7.65. The summed E-state index contributed by atoms with van der Waals surface area (Å²) in [6.45, 7) is 2.30. The lowest BCUT2D eigenvalue weighted by Crippen LogP contribution is -2.36. The zero-order chi connectivity index (χ0) is 12.0. The maximum atomic E-state index is 11.7. The van der Waals surface area contributed by atoms with E-state index in [-0.39, 0.29) is 5.91 Å². The first kappa shape index (κ1) is 12.6. The fourth-order valence-corrected chi connectivity index (χ4v) is 1.22. The minimum atomic E-state index is -0.556. The number of nitrogens with zero attached hydrogens (tertiary/aromatic N) is 1. The van der Waals surface area contributed by atoms with Crippen LogP contribution in [0, 0.1) is 6.92 Å². The number of anilines is 1. The lowest BCUT2D eigenvalue weighted by atomic mass is 10.2. The molecular weight excluding hydrogens is 206 g/mol. The molecule has 1 atom stereocenters. The number of nitrogens with two attached hydrogens (primary N) is 1. The minimum Gasteiger partial charge on any atom is -0.385 e. The number of hydrogen-bond donors (Lipinski definition) is 2. The number of aryl methyl sites for hydroxylation is 1. The van der Waals surface area contributed by atoms with E-state index in [2.05, 4.69) is 10.3 Å². The van der Waals surface area contributed by atoms with Crippen LogP contribution >= 0.6 is 0 Å². The van der Waals surface area contributed by atoms with Gasteiger partial charge in [-0.2, -0.15) is 0 Å². The number of ether oxygens (including phenoxy) is 1. The third-order valence-corrected chi connectivity index (χ3v) is 2.23. The lowest BCUT2D eigenvalue weighted by Gasteiger charge is -2.12. The highest BCUT2D eigenvalue weighted by Crippen LogP contribution is 2.10. The number of amides is 1. The van der Waals surface area contributed by atoms with E-state index in [0.29, 0.717) is 18.7 Å². The van der Waals surface area contributed by atoms with Crippen molar-refractivity contribution in [3.8, 4) is 0 Å². The third-order valence-electron chi connectivity index (χ3n) is 2.23. The second kappa shape index (κ2) is 6.19. The average molecular weight is 223 g/mol. The molecule has 3 N–H and O–H groups in total. The number of pyridine rings is 1. The Kier molecular flexibility index (Phi) is 4.88. The predicted molar refractivity (Wildman–Crippen MR) is 62.1 cm³/mol. The van der Waals surface area contributed by atoms with Gasteiger partial charge in [0.1, 0.15) is 0 Å². The summed E-state index contributed by atoms with van der Waals surface area (Å²) in [5.41, 5.74) is 7.16. The molecular formula is C11H17N3O2. The highest BCUT2D eigenvalue weighted by Gasteiger charge is 2.13. The Labute approximate surface area is 95.0 Å². The average Bonchev–Trinajstić information content (AvgIpc) is 2.28. The van der Waals surface area contributed by atoms with E-state index in [9.17, 15) is 4.79 Å². The second-order valence-corrected chi connectivity index (χ2v) is 3.51. The fraction of sp³-hybridized carbons (Fsp3) is 0.455. The minimum absolute atomic E-state index is 0.215. The molecule has 0 saturated carbocycles. The van der Waals surface area contributed by atoms with Crippen LogP contribution in [0.1, 0.15) is 12.1 Å². The molecule has 1 rings (SSSR count). The SMILES string of the molecule is COCCC(N)C(=O)Nc1cccnc1C. The van der Waals surface area contributed by atoms with Crippen LogP contribution < -0.4 is 11.1 Å². The van der Waals surface area contributed by atoms with Crippen molar-refractivity contribution in [3.63, 3.8) is 0 Å². The summed E-state index contributed by atoms with van der Waals surface area (Å²) in [6.07, 6.45) is 2.18. The topological polar surface area (TPSA) is 77.2 Å². The van der Waals surface area contributed by atoms with Crippen LogP contribution in [0.4, 0.5) is 5.69 Å². The second-order valence-electron chi connectivity index (χ2n) is 3.51. The van der Waals surface area contributed by atoms with Crippen molar-refractivity contribution in [1.29, 1.82) is 0 Å². The summed E-state index contributed by atoms with van der Waals surface area (Å²) < 4.78 is 4.86. The van der Waals surface area contributed by atoms with Gasteiger partial charge >= 0.3 is 0 Å². The molecule has 0 aliphatic heterocycles. The van der Waals surface area contributed by atoms with Crippen molar-refractivity contribution >= 4 is 11.6 Å².